The summed E-state index contributed by atoms with van der Waals surface area (Å²) in [5, 5.41) is 0. The molecule has 0 aromatic heterocycles. The Labute approximate surface area is 82.7 Å². The van der Waals surface area contributed by atoms with Crippen LogP contribution in [-0.2, 0) is 0 Å². The zero-order valence-corrected chi connectivity index (χ0v) is 7.83. The van der Waals surface area contributed by atoms with Gasteiger partial charge in [0.2, 0.25) is 0 Å². The molecule has 0 amide bonds. The molecule has 13 heavy (non-hydrogen) atoms. The van der Waals surface area contributed by atoms with Crippen LogP contribution in [0.3, 0.4) is 0 Å². The van der Waals surface area contributed by atoms with Gasteiger partial charge in [0, 0.05) is 11.8 Å². The highest BCUT2D eigenvalue weighted by Crippen LogP contribution is 2.37. The van der Waals surface area contributed by atoms with Gasteiger partial charge < -0.3 is 0 Å². The first-order chi connectivity index (χ1) is 5.99. The highest BCUT2D eigenvalue weighted by molar-refractivity contribution is 8.02. The van der Waals surface area contributed by atoms with Crippen molar-refractivity contribution in [1.29, 1.82) is 0 Å². The number of anilines is 1. The fraction of sp³-hybridized carbons (Fsp3) is 0.143. The number of alkyl halides is 3. The summed E-state index contributed by atoms with van der Waals surface area (Å²) in [6.07, 6.45) is 0. The first-order valence-electron chi connectivity index (χ1n) is 3.26. The number of hydrogen-bond donors (Lipinski definition) is 0. The molecule has 1 aromatic rings. The van der Waals surface area contributed by atoms with Crippen LogP contribution >= 0.6 is 23.7 Å². The minimum Gasteiger partial charge on any atom is -0.219 e. The highest BCUT2D eigenvalue weighted by atomic mass is 35.5. The molecule has 0 saturated heterocycles. The van der Waals surface area contributed by atoms with Crippen molar-refractivity contribution < 1.29 is 13.2 Å². The third-order valence-corrected chi connectivity index (χ3v) is 2.12. The van der Waals surface area contributed by atoms with Gasteiger partial charge in [-0.2, -0.15) is 13.2 Å². The molecule has 6 heteroatoms. The van der Waals surface area contributed by atoms with E-state index >= 15 is 0 Å². The largest absolute Gasteiger partial charge is 0.462 e. The lowest BCUT2D eigenvalue weighted by molar-refractivity contribution is -0.0326. The Bertz CT molecular complexity index is 264. The van der Waals surface area contributed by atoms with Crippen molar-refractivity contribution in [2.24, 2.45) is 0 Å². The first-order valence-corrected chi connectivity index (χ1v) is 4.37. The molecule has 0 N–H and O–H groups in total. The maximum absolute atomic E-state index is 11.8. The summed E-state index contributed by atoms with van der Waals surface area (Å²) in [6.45, 7) is 0. The van der Waals surface area contributed by atoms with Crippen molar-refractivity contribution in [3.63, 3.8) is 0 Å². The van der Waals surface area contributed by atoms with Gasteiger partial charge in [0.1, 0.15) is 0 Å². The molecular weight excluding hydrogens is 223 g/mol. The Morgan fingerprint density at radius 3 is 2.15 bits per heavy atom. The van der Waals surface area contributed by atoms with E-state index < -0.39 is 17.5 Å². The fourth-order valence-corrected chi connectivity index (χ4v) is 1.45. The lowest BCUT2D eigenvalue weighted by atomic mass is 10.3. The number of hydrogen-bond acceptors (Lipinski definition) is 2. The van der Waals surface area contributed by atoms with Gasteiger partial charge in [-0.1, -0.05) is 18.2 Å². The maximum Gasteiger partial charge on any atom is 0.462 e. The van der Waals surface area contributed by atoms with Crippen molar-refractivity contribution in [1.82, 2.24) is 0 Å². The molecule has 0 unspecified atom stereocenters. The van der Waals surface area contributed by atoms with E-state index in [-0.39, 0.29) is 0 Å². The zero-order valence-electron chi connectivity index (χ0n) is 6.25. The Morgan fingerprint density at radius 1 is 1.15 bits per heavy atom. The van der Waals surface area contributed by atoms with Crippen LogP contribution in [0.25, 0.3) is 0 Å². The van der Waals surface area contributed by atoms with E-state index in [2.05, 4.69) is 0 Å². The molecule has 1 aromatic carbocycles. The second-order valence-corrected chi connectivity index (χ2v) is 3.67. The van der Waals surface area contributed by atoms with Crippen LogP contribution in [-0.4, -0.2) is 5.51 Å². The van der Waals surface area contributed by atoms with E-state index in [1.807, 2.05) is 0 Å². The van der Waals surface area contributed by atoms with E-state index in [0.717, 1.165) is 0 Å². The van der Waals surface area contributed by atoms with E-state index in [9.17, 15) is 13.2 Å². The second-order valence-electron chi connectivity index (χ2n) is 2.12. The van der Waals surface area contributed by atoms with Gasteiger partial charge in [0.25, 0.3) is 0 Å². The zero-order chi connectivity index (χ0) is 9.90. The maximum atomic E-state index is 11.8. The molecule has 0 spiro atoms. The van der Waals surface area contributed by atoms with Crippen molar-refractivity contribution in [2.75, 3.05) is 3.82 Å². The molecule has 1 nitrogen and oxygen atoms in total. The minimum atomic E-state index is -4.36. The van der Waals surface area contributed by atoms with E-state index in [0.29, 0.717) is 9.51 Å². The summed E-state index contributed by atoms with van der Waals surface area (Å²) in [6, 6.07) is 7.91. The Hall–Kier alpha value is -0.550. The molecule has 1 rings (SSSR count). The van der Waals surface area contributed by atoms with Gasteiger partial charge in [0.05, 0.1) is 17.6 Å². The molecule has 0 radical (unpaired) electrons. The molecule has 0 heterocycles. The topological polar surface area (TPSA) is 3.24 Å². The van der Waals surface area contributed by atoms with Crippen molar-refractivity contribution in [3.8, 4) is 0 Å². The lowest BCUT2D eigenvalue weighted by Crippen LogP contribution is -2.10. The number of para-hydroxylation sites is 1. The van der Waals surface area contributed by atoms with Crippen LogP contribution in [0.4, 0.5) is 18.9 Å². The van der Waals surface area contributed by atoms with E-state index in [1.54, 1.807) is 18.2 Å². The number of benzene rings is 1. The lowest BCUT2D eigenvalue weighted by Gasteiger charge is -2.15. The number of halogens is 4. The van der Waals surface area contributed by atoms with Gasteiger partial charge in [0.15, 0.2) is 0 Å². The molecule has 0 bridgehead atoms. The monoisotopic (exact) mass is 227 g/mol. The standard InChI is InChI=1S/C7H5ClF3NS/c8-12(13-7(9,10)11)6-4-2-1-3-5-6/h1-5H. The average molecular weight is 228 g/mol. The van der Waals surface area contributed by atoms with Crippen LogP contribution < -0.4 is 3.82 Å². The molecule has 0 aliphatic rings. The average Bonchev–Trinajstić information content (AvgIpc) is 2.03. The van der Waals surface area contributed by atoms with Gasteiger partial charge in [-0.05, 0) is 12.1 Å². The van der Waals surface area contributed by atoms with Crippen LogP contribution in [0.1, 0.15) is 0 Å². The fourth-order valence-electron chi connectivity index (χ4n) is 0.689. The van der Waals surface area contributed by atoms with Crippen molar-refractivity contribution >= 4 is 29.4 Å². The Kier molecular flexibility index (Phi) is 3.33. The quantitative estimate of drug-likeness (QED) is 0.558. The minimum absolute atomic E-state index is 0.298. The summed E-state index contributed by atoms with van der Waals surface area (Å²) in [4.78, 5) is 0. The van der Waals surface area contributed by atoms with E-state index in [4.69, 9.17) is 11.8 Å². The summed E-state index contributed by atoms with van der Waals surface area (Å²) in [7, 11) is 0. The first kappa shape index (κ1) is 10.5. The van der Waals surface area contributed by atoms with Gasteiger partial charge in [-0.3, -0.25) is 0 Å². The van der Waals surface area contributed by atoms with Gasteiger partial charge in [-0.25, -0.2) is 3.82 Å². The number of rotatable bonds is 2. The summed E-state index contributed by atoms with van der Waals surface area (Å²) >= 11 is 4.98. The van der Waals surface area contributed by atoms with Crippen LogP contribution in [0, 0.1) is 0 Å². The molecule has 72 valence electrons. The van der Waals surface area contributed by atoms with Gasteiger partial charge >= 0.3 is 5.51 Å². The Morgan fingerprint density at radius 2 is 1.69 bits per heavy atom. The molecule has 0 aliphatic heterocycles. The summed E-state index contributed by atoms with van der Waals surface area (Å²) in [5.41, 5.74) is -4.07. The number of nitrogens with zero attached hydrogens (tertiary/aromatic N) is 1. The third-order valence-electron chi connectivity index (χ3n) is 1.14. The van der Waals surface area contributed by atoms with Crippen LogP contribution in [0.15, 0.2) is 30.3 Å². The van der Waals surface area contributed by atoms with Gasteiger partial charge in [-0.15, -0.1) is 0 Å². The van der Waals surface area contributed by atoms with Crippen LogP contribution in [0.5, 0.6) is 0 Å². The third kappa shape index (κ3) is 3.78. The molecular formula is C7H5ClF3NS. The predicted molar refractivity (Wildman–Crippen MR) is 48.4 cm³/mol. The molecule has 0 fully saturated rings. The normalized spacial score (nSPS) is 11.4. The SMILES string of the molecule is FC(F)(F)SN(Cl)c1ccccc1. The highest BCUT2D eigenvalue weighted by Gasteiger charge is 2.32. The van der Waals surface area contributed by atoms with Crippen molar-refractivity contribution in [3.05, 3.63) is 30.3 Å². The molecule has 0 aliphatic carbocycles. The predicted octanol–water partition coefficient (Wildman–Crippen LogP) is 3.81. The summed E-state index contributed by atoms with van der Waals surface area (Å²) in [5.74, 6) is 0. The molecule has 0 atom stereocenters. The smallest absolute Gasteiger partial charge is 0.219 e. The summed E-state index contributed by atoms with van der Waals surface area (Å²) < 4.78 is 36.0. The second kappa shape index (κ2) is 4.11. The van der Waals surface area contributed by atoms with E-state index in [1.165, 1.54) is 12.1 Å². The van der Waals surface area contributed by atoms with Crippen LogP contribution in [0.2, 0.25) is 0 Å². The van der Waals surface area contributed by atoms with Crippen molar-refractivity contribution in [2.45, 2.75) is 5.51 Å². The molecule has 0 saturated carbocycles. The Balaban J connectivity index is 2.64.